The number of likely N-dealkylation sites (tertiary alicyclic amines) is 1. The van der Waals surface area contributed by atoms with Gasteiger partial charge in [-0.05, 0) is 35.7 Å². The van der Waals surface area contributed by atoms with E-state index in [4.69, 9.17) is 4.74 Å². The van der Waals surface area contributed by atoms with Crippen molar-refractivity contribution < 1.29 is 24.2 Å². The second kappa shape index (κ2) is 11.1. The zero-order valence-electron chi connectivity index (χ0n) is 22.9. The molecule has 9 heteroatoms. The number of benzene rings is 2. The number of likely N-dealkylation sites (N-methyl/N-ethyl adjacent to an activating group) is 1. The van der Waals surface area contributed by atoms with Crippen molar-refractivity contribution in [3.05, 3.63) is 67.8 Å². The molecule has 212 valence electrons. The normalized spacial score (nSPS) is 29.4. The van der Waals surface area contributed by atoms with Crippen LogP contribution in [0.25, 0.3) is 10.8 Å². The molecule has 7 atom stereocenters. The molecular weight excluding hydrogens is 574 g/mol. The molecular formula is C31H36BrN3O5. The smallest absolute Gasteiger partial charge is 0.253 e. The number of aliphatic hydroxyl groups excluding tert-OH is 1. The third-order valence-electron chi connectivity index (χ3n) is 8.72. The van der Waals surface area contributed by atoms with E-state index in [1.165, 1.54) is 4.90 Å². The van der Waals surface area contributed by atoms with E-state index in [0.29, 0.717) is 25.1 Å². The van der Waals surface area contributed by atoms with Crippen molar-refractivity contribution in [2.45, 2.75) is 48.4 Å². The number of fused-ring (bicyclic) bond motifs is 2. The lowest BCUT2D eigenvalue weighted by molar-refractivity contribution is -0.146. The van der Waals surface area contributed by atoms with Gasteiger partial charge in [-0.1, -0.05) is 65.3 Å². The lowest BCUT2D eigenvalue weighted by Crippen LogP contribution is -2.59. The minimum atomic E-state index is -1.21. The van der Waals surface area contributed by atoms with Crippen LogP contribution in [-0.4, -0.2) is 88.0 Å². The Morgan fingerprint density at radius 3 is 2.52 bits per heavy atom. The number of alkyl halides is 1. The number of hydrogen-bond donors (Lipinski definition) is 1. The second-order valence-electron chi connectivity index (χ2n) is 10.9. The number of ether oxygens (including phenoxy) is 1. The number of halogens is 1. The standard InChI is InChI=1S/C31H36BrN3O5/c1-5-14-33(4)28(37)24-25-29(38)35(21(7-3)18-36)27(31(25)17-23(32)26(24)40-31)30(39)34(15-6-2)22-13-12-19-10-8-9-11-20(19)16-22/h5-6,8-13,16,21,23-27,36H,1-2,7,14-15,17-18H2,3-4H3/t21-,23?,24-,25-,26-,27?,31?/m0/s1. The van der Waals surface area contributed by atoms with E-state index in [-0.39, 0.29) is 35.7 Å². The number of aliphatic hydroxyl groups is 1. The van der Waals surface area contributed by atoms with E-state index in [2.05, 4.69) is 29.1 Å². The number of nitrogens with zero attached hydrogens (tertiary/aromatic N) is 3. The summed E-state index contributed by atoms with van der Waals surface area (Å²) in [4.78, 5) is 47.1. The van der Waals surface area contributed by atoms with Crippen LogP contribution in [-0.2, 0) is 19.1 Å². The summed E-state index contributed by atoms with van der Waals surface area (Å²) in [7, 11) is 1.68. The minimum absolute atomic E-state index is 0.208. The van der Waals surface area contributed by atoms with Crippen molar-refractivity contribution in [1.29, 1.82) is 0 Å². The monoisotopic (exact) mass is 609 g/mol. The number of anilines is 1. The first kappa shape index (κ1) is 28.5. The SMILES string of the molecule is C=CCN(C)C(=O)[C@H]1[C@H]2C(=O)N([C@@H](CC)CO)C(C(=O)N(CC=C)c3ccc4ccccc4c3)C23CC(Br)[C@@H]1O3. The third kappa shape index (κ3) is 4.30. The molecule has 3 saturated heterocycles. The topological polar surface area (TPSA) is 90.4 Å². The largest absolute Gasteiger partial charge is 0.394 e. The van der Waals surface area contributed by atoms with E-state index in [9.17, 15) is 19.5 Å². The van der Waals surface area contributed by atoms with Gasteiger partial charge in [-0.15, -0.1) is 13.2 Å². The predicted octanol–water partition coefficient (Wildman–Crippen LogP) is 3.52. The summed E-state index contributed by atoms with van der Waals surface area (Å²) in [6.45, 7) is 9.74. The summed E-state index contributed by atoms with van der Waals surface area (Å²) in [6.07, 6.45) is 3.59. The molecule has 1 spiro atoms. The Kier molecular flexibility index (Phi) is 7.92. The van der Waals surface area contributed by atoms with Gasteiger partial charge in [-0.25, -0.2) is 0 Å². The molecule has 3 aliphatic heterocycles. The van der Waals surface area contributed by atoms with Crippen molar-refractivity contribution in [3.8, 4) is 0 Å². The summed E-state index contributed by atoms with van der Waals surface area (Å²) in [5, 5.41) is 12.4. The molecule has 1 N–H and O–H groups in total. The van der Waals surface area contributed by atoms with Gasteiger partial charge in [0.15, 0.2) is 0 Å². The van der Waals surface area contributed by atoms with E-state index in [0.717, 1.165) is 10.8 Å². The summed E-state index contributed by atoms with van der Waals surface area (Å²) in [5.74, 6) is -2.42. The zero-order valence-corrected chi connectivity index (χ0v) is 24.5. The number of hydrogen-bond acceptors (Lipinski definition) is 5. The molecule has 0 saturated carbocycles. The number of carbonyl (C=O) groups excluding carboxylic acids is 3. The van der Waals surface area contributed by atoms with Crippen LogP contribution in [0.3, 0.4) is 0 Å². The molecule has 0 radical (unpaired) electrons. The van der Waals surface area contributed by atoms with E-state index >= 15 is 0 Å². The average molecular weight is 611 g/mol. The van der Waals surface area contributed by atoms with Crippen LogP contribution in [0.1, 0.15) is 19.8 Å². The maximum Gasteiger partial charge on any atom is 0.253 e. The van der Waals surface area contributed by atoms with Gasteiger partial charge < -0.3 is 24.5 Å². The Morgan fingerprint density at radius 2 is 1.88 bits per heavy atom. The fourth-order valence-corrected chi connectivity index (χ4v) is 7.86. The summed E-state index contributed by atoms with van der Waals surface area (Å²) in [6, 6.07) is 12.1. The van der Waals surface area contributed by atoms with Crippen molar-refractivity contribution in [1.82, 2.24) is 9.80 Å². The maximum absolute atomic E-state index is 14.7. The van der Waals surface area contributed by atoms with Gasteiger partial charge in [-0.2, -0.15) is 0 Å². The molecule has 3 amide bonds. The van der Waals surface area contributed by atoms with Crippen molar-refractivity contribution >= 4 is 50.1 Å². The zero-order chi connectivity index (χ0) is 28.8. The maximum atomic E-state index is 14.7. The molecule has 3 fully saturated rings. The molecule has 3 aliphatic rings. The van der Waals surface area contributed by atoms with Gasteiger partial charge in [0.25, 0.3) is 5.91 Å². The minimum Gasteiger partial charge on any atom is -0.394 e. The fourth-order valence-electron chi connectivity index (χ4n) is 6.92. The van der Waals surface area contributed by atoms with Gasteiger partial charge in [0.2, 0.25) is 11.8 Å². The predicted molar refractivity (Wildman–Crippen MR) is 158 cm³/mol. The first-order valence-electron chi connectivity index (χ1n) is 13.8. The Morgan fingerprint density at radius 1 is 1.18 bits per heavy atom. The highest BCUT2D eigenvalue weighted by Gasteiger charge is 2.77. The van der Waals surface area contributed by atoms with Crippen LogP contribution in [0.5, 0.6) is 0 Å². The Bertz CT molecular complexity index is 1350. The molecule has 40 heavy (non-hydrogen) atoms. The number of rotatable bonds is 10. The van der Waals surface area contributed by atoms with Gasteiger partial charge in [0.05, 0.1) is 30.6 Å². The third-order valence-corrected chi connectivity index (χ3v) is 9.57. The Balaban J connectivity index is 1.62. The lowest BCUT2D eigenvalue weighted by Gasteiger charge is -2.39. The molecule has 0 aliphatic carbocycles. The quantitative estimate of drug-likeness (QED) is 0.329. The first-order chi connectivity index (χ1) is 19.2. The van der Waals surface area contributed by atoms with Crippen molar-refractivity contribution in [3.63, 3.8) is 0 Å². The van der Waals surface area contributed by atoms with Crippen LogP contribution in [0.15, 0.2) is 67.8 Å². The highest BCUT2D eigenvalue weighted by Crippen LogP contribution is 2.61. The molecule has 0 aromatic heterocycles. The van der Waals surface area contributed by atoms with Crippen LogP contribution in [0.2, 0.25) is 0 Å². The number of carbonyl (C=O) groups is 3. The second-order valence-corrected chi connectivity index (χ2v) is 12.1. The van der Waals surface area contributed by atoms with Crippen LogP contribution < -0.4 is 4.90 Å². The molecule has 2 bridgehead atoms. The van der Waals surface area contributed by atoms with Gasteiger partial charge >= 0.3 is 0 Å². The van der Waals surface area contributed by atoms with E-state index < -0.39 is 35.6 Å². The van der Waals surface area contributed by atoms with Gasteiger partial charge in [0, 0.05) is 30.7 Å². The van der Waals surface area contributed by atoms with E-state index in [1.54, 1.807) is 29.0 Å². The summed E-state index contributed by atoms with van der Waals surface area (Å²) in [5.41, 5.74) is -0.532. The molecule has 2 aromatic rings. The Hall–Kier alpha value is -3.01. The average Bonchev–Trinajstić information content (AvgIpc) is 3.55. The van der Waals surface area contributed by atoms with Crippen LogP contribution in [0, 0.1) is 11.8 Å². The molecule has 5 rings (SSSR count). The van der Waals surface area contributed by atoms with Gasteiger partial charge in [-0.3, -0.25) is 14.4 Å². The van der Waals surface area contributed by atoms with E-state index in [1.807, 2.05) is 49.4 Å². The Labute approximate surface area is 243 Å². The molecule has 2 aromatic carbocycles. The molecule has 3 unspecified atom stereocenters. The first-order valence-corrected chi connectivity index (χ1v) is 14.7. The lowest BCUT2D eigenvalue weighted by atomic mass is 9.70. The highest BCUT2D eigenvalue weighted by molar-refractivity contribution is 9.09. The van der Waals surface area contributed by atoms with Crippen molar-refractivity contribution in [2.24, 2.45) is 11.8 Å². The fraction of sp³-hybridized carbons (Fsp3) is 0.452. The van der Waals surface area contributed by atoms with Crippen LogP contribution >= 0.6 is 15.9 Å². The van der Waals surface area contributed by atoms with Gasteiger partial charge in [0.1, 0.15) is 11.6 Å². The molecule has 3 heterocycles. The highest BCUT2D eigenvalue weighted by atomic mass is 79.9. The number of amides is 3. The summed E-state index contributed by atoms with van der Waals surface area (Å²) < 4.78 is 6.63. The summed E-state index contributed by atoms with van der Waals surface area (Å²) >= 11 is 3.71. The molecule has 8 nitrogen and oxygen atoms in total. The van der Waals surface area contributed by atoms with Crippen LogP contribution in [0.4, 0.5) is 5.69 Å². The van der Waals surface area contributed by atoms with Crippen molar-refractivity contribution in [2.75, 3.05) is 31.6 Å².